The number of nitrogens with zero attached hydrogens (tertiary/aromatic N) is 2. The summed E-state index contributed by atoms with van der Waals surface area (Å²) >= 11 is 12.0. The molecule has 0 saturated heterocycles. The minimum Gasteiger partial charge on any atom is -0.271 e. The predicted molar refractivity (Wildman–Crippen MR) is 87.5 cm³/mol. The van der Waals surface area contributed by atoms with Crippen LogP contribution in [0.15, 0.2) is 30.5 Å². The number of benzene rings is 1. The van der Waals surface area contributed by atoms with Crippen molar-refractivity contribution in [1.29, 1.82) is 0 Å². The van der Waals surface area contributed by atoms with E-state index in [2.05, 4.69) is 24.4 Å². The second-order valence-electron chi connectivity index (χ2n) is 5.14. The van der Waals surface area contributed by atoms with Gasteiger partial charge in [0.2, 0.25) is 0 Å². The third kappa shape index (κ3) is 3.98. The zero-order valence-corrected chi connectivity index (χ0v) is 13.7. The van der Waals surface area contributed by atoms with E-state index in [9.17, 15) is 0 Å². The minimum absolute atomic E-state index is 0.0555. The Hall–Kier alpha value is -1.07. The van der Waals surface area contributed by atoms with Gasteiger partial charge >= 0.3 is 0 Å². The van der Waals surface area contributed by atoms with Crippen LogP contribution < -0.4 is 11.3 Å². The molecule has 0 bridgehead atoms. The Balaban J connectivity index is 2.15. The van der Waals surface area contributed by atoms with E-state index in [1.807, 2.05) is 29.1 Å². The second kappa shape index (κ2) is 7.27. The molecule has 4 nitrogen and oxygen atoms in total. The molecule has 0 spiro atoms. The molecule has 1 aromatic heterocycles. The van der Waals surface area contributed by atoms with Gasteiger partial charge in [-0.15, -0.1) is 0 Å². The third-order valence-corrected chi connectivity index (χ3v) is 4.41. The first kappa shape index (κ1) is 16.3. The average Bonchev–Trinajstić information content (AvgIpc) is 2.95. The summed E-state index contributed by atoms with van der Waals surface area (Å²) in [7, 11) is 0. The van der Waals surface area contributed by atoms with Crippen LogP contribution in [0.5, 0.6) is 0 Å². The van der Waals surface area contributed by atoms with Gasteiger partial charge in [0.1, 0.15) is 0 Å². The number of hydrogen-bond acceptors (Lipinski definition) is 3. The van der Waals surface area contributed by atoms with Gasteiger partial charge in [-0.25, -0.2) is 0 Å². The number of nitrogens with one attached hydrogen (secondary N) is 1. The van der Waals surface area contributed by atoms with E-state index in [0.29, 0.717) is 22.5 Å². The molecule has 0 aliphatic rings. The monoisotopic (exact) mass is 326 g/mol. The average molecular weight is 327 g/mol. The molecule has 0 fully saturated rings. The Bertz CT molecular complexity index is 597. The lowest BCUT2D eigenvalue weighted by Gasteiger charge is -2.16. The van der Waals surface area contributed by atoms with Crippen LogP contribution in [-0.4, -0.2) is 9.78 Å². The number of rotatable bonds is 6. The highest BCUT2D eigenvalue weighted by atomic mass is 35.5. The van der Waals surface area contributed by atoms with Gasteiger partial charge in [-0.3, -0.25) is 16.0 Å². The molecule has 2 unspecified atom stereocenters. The number of aromatic nitrogens is 2. The number of halogens is 2. The van der Waals surface area contributed by atoms with Gasteiger partial charge in [-0.05, 0) is 37.1 Å². The fraction of sp³-hybridized carbons (Fsp3) is 0.400. The molecule has 0 aliphatic heterocycles. The first-order valence-corrected chi connectivity index (χ1v) is 7.75. The molecule has 0 saturated carbocycles. The van der Waals surface area contributed by atoms with Crippen LogP contribution in [0.2, 0.25) is 10.0 Å². The van der Waals surface area contributed by atoms with Crippen LogP contribution in [0.3, 0.4) is 0 Å². The molecule has 0 amide bonds. The molecule has 2 atom stereocenters. The zero-order valence-electron chi connectivity index (χ0n) is 12.2. The van der Waals surface area contributed by atoms with Crippen LogP contribution >= 0.6 is 23.2 Å². The highest BCUT2D eigenvalue weighted by Gasteiger charge is 2.14. The SMILES string of the molecule is CCC(C)n1ccc(CC(NN)c2ccc(Cl)c(Cl)c2)n1. The molecule has 2 rings (SSSR count). The molecule has 0 aliphatic carbocycles. The number of hydrazine groups is 1. The first-order valence-electron chi connectivity index (χ1n) is 7.00. The van der Waals surface area contributed by atoms with Gasteiger partial charge in [0.05, 0.1) is 21.8 Å². The van der Waals surface area contributed by atoms with Crippen LogP contribution in [0, 0.1) is 0 Å². The molecule has 3 N–H and O–H groups in total. The summed E-state index contributed by atoms with van der Waals surface area (Å²) in [5.74, 6) is 5.67. The molecule has 21 heavy (non-hydrogen) atoms. The lowest BCUT2D eigenvalue weighted by Crippen LogP contribution is -2.29. The van der Waals surface area contributed by atoms with Crippen LogP contribution in [0.4, 0.5) is 0 Å². The quantitative estimate of drug-likeness (QED) is 0.625. The maximum atomic E-state index is 6.06. The Morgan fingerprint density at radius 1 is 1.29 bits per heavy atom. The number of hydrogen-bond donors (Lipinski definition) is 2. The van der Waals surface area contributed by atoms with Gasteiger partial charge < -0.3 is 0 Å². The fourth-order valence-electron chi connectivity index (χ4n) is 2.13. The summed E-state index contributed by atoms with van der Waals surface area (Å²) in [6, 6.07) is 7.90. The number of nitrogens with two attached hydrogens (primary N) is 1. The summed E-state index contributed by atoms with van der Waals surface area (Å²) in [5, 5.41) is 5.66. The molecular formula is C15H20Cl2N4. The summed E-state index contributed by atoms with van der Waals surface area (Å²) in [4.78, 5) is 0. The van der Waals surface area contributed by atoms with E-state index in [0.717, 1.165) is 17.7 Å². The van der Waals surface area contributed by atoms with E-state index in [4.69, 9.17) is 29.0 Å². The van der Waals surface area contributed by atoms with Crippen molar-refractivity contribution in [3.8, 4) is 0 Å². The molecule has 1 heterocycles. The minimum atomic E-state index is -0.0555. The summed E-state index contributed by atoms with van der Waals surface area (Å²) in [6.07, 6.45) is 3.75. The Morgan fingerprint density at radius 2 is 2.05 bits per heavy atom. The largest absolute Gasteiger partial charge is 0.271 e. The predicted octanol–water partition coefficient (Wildman–Crippen LogP) is 3.91. The Kier molecular flexibility index (Phi) is 5.65. The smallest absolute Gasteiger partial charge is 0.0644 e. The first-order chi connectivity index (χ1) is 10.0. The van der Waals surface area contributed by atoms with E-state index in [-0.39, 0.29) is 6.04 Å². The van der Waals surface area contributed by atoms with E-state index < -0.39 is 0 Å². The Morgan fingerprint density at radius 3 is 2.67 bits per heavy atom. The van der Waals surface area contributed by atoms with Crippen molar-refractivity contribution >= 4 is 23.2 Å². The summed E-state index contributed by atoms with van der Waals surface area (Å²) in [6.45, 7) is 4.29. The Labute approximate surface area is 135 Å². The maximum Gasteiger partial charge on any atom is 0.0644 e. The van der Waals surface area contributed by atoms with Crippen LogP contribution in [-0.2, 0) is 6.42 Å². The van der Waals surface area contributed by atoms with Crippen LogP contribution in [0.25, 0.3) is 0 Å². The molecule has 114 valence electrons. The highest BCUT2D eigenvalue weighted by Crippen LogP contribution is 2.26. The topological polar surface area (TPSA) is 55.9 Å². The molecule has 1 aromatic carbocycles. The maximum absolute atomic E-state index is 6.06. The standard InChI is InChI=1S/C15H20Cl2N4/c1-3-10(2)21-7-6-12(20-21)9-15(19-18)11-4-5-13(16)14(17)8-11/h4-8,10,15,19H,3,9,18H2,1-2H3. The van der Waals surface area contributed by atoms with Crippen LogP contribution in [0.1, 0.15) is 43.6 Å². The van der Waals surface area contributed by atoms with E-state index in [1.54, 1.807) is 6.07 Å². The summed E-state index contributed by atoms with van der Waals surface area (Å²) in [5.41, 5.74) is 4.80. The third-order valence-electron chi connectivity index (χ3n) is 3.67. The van der Waals surface area contributed by atoms with Crippen molar-refractivity contribution in [2.24, 2.45) is 5.84 Å². The van der Waals surface area contributed by atoms with Crippen molar-refractivity contribution in [2.75, 3.05) is 0 Å². The van der Waals surface area contributed by atoms with Crippen molar-refractivity contribution < 1.29 is 0 Å². The fourth-order valence-corrected chi connectivity index (χ4v) is 2.44. The molecule has 6 heteroatoms. The van der Waals surface area contributed by atoms with Crippen molar-refractivity contribution in [3.05, 3.63) is 51.8 Å². The normalized spacial score (nSPS) is 14.1. The second-order valence-corrected chi connectivity index (χ2v) is 5.96. The molecular weight excluding hydrogens is 307 g/mol. The van der Waals surface area contributed by atoms with Gasteiger partial charge in [0, 0.05) is 18.7 Å². The zero-order chi connectivity index (χ0) is 15.4. The van der Waals surface area contributed by atoms with Crippen molar-refractivity contribution in [1.82, 2.24) is 15.2 Å². The van der Waals surface area contributed by atoms with Crippen molar-refractivity contribution in [2.45, 2.75) is 38.8 Å². The van der Waals surface area contributed by atoms with E-state index >= 15 is 0 Å². The lowest BCUT2D eigenvalue weighted by atomic mass is 10.0. The highest BCUT2D eigenvalue weighted by molar-refractivity contribution is 6.42. The van der Waals surface area contributed by atoms with Crippen molar-refractivity contribution in [3.63, 3.8) is 0 Å². The lowest BCUT2D eigenvalue weighted by molar-refractivity contribution is 0.467. The van der Waals surface area contributed by atoms with Gasteiger partial charge in [0.15, 0.2) is 0 Å². The van der Waals surface area contributed by atoms with Gasteiger partial charge in [-0.2, -0.15) is 5.10 Å². The summed E-state index contributed by atoms with van der Waals surface area (Å²) < 4.78 is 1.98. The molecule has 0 radical (unpaired) electrons. The van der Waals surface area contributed by atoms with E-state index in [1.165, 1.54) is 0 Å². The van der Waals surface area contributed by atoms with Gasteiger partial charge in [0.25, 0.3) is 0 Å². The molecule has 2 aromatic rings. The van der Waals surface area contributed by atoms with Gasteiger partial charge in [-0.1, -0.05) is 36.2 Å².